The molecule has 1 amide bonds. The van der Waals surface area contributed by atoms with E-state index in [1.165, 1.54) is 0 Å². The number of nitrogens with one attached hydrogen (secondary N) is 1. The molecule has 13 heavy (non-hydrogen) atoms. The summed E-state index contributed by atoms with van der Waals surface area (Å²) in [6, 6.07) is 3.45. The molecule has 0 aliphatic carbocycles. The molecule has 3 nitrogen and oxygen atoms in total. The first kappa shape index (κ1) is 11.2. The molecule has 0 spiro atoms. The van der Waals surface area contributed by atoms with Gasteiger partial charge in [0.1, 0.15) is 0 Å². The standard InChI is InChI=1S/C7H5Br3N2O/c8-4-2-6(10)5(9)1-3(4)7(13)12-11/h1-2H,11H2,(H,12,13). The number of carbonyl (C=O) groups is 1. The van der Waals surface area contributed by atoms with Gasteiger partial charge in [0.05, 0.1) is 5.56 Å². The summed E-state index contributed by atoms with van der Waals surface area (Å²) in [4.78, 5) is 11.2. The van der Waals surface area contributed by atoms with Gasteiger partial charge in [-0.15, -0.1) is 0 Å². The summed E-state index contributed by atoms with van der Waals surface area (Å²) >= 11 is 9.86. The Morgan fingerprint density at radius 1 is 1.15 bits per heavy atom. The van der Waals surface area contributed by atoms with Crippen molar-refractivity contribution in [3.05, 3.63) is 31.1 Å². The van der Waals surface area contributed by atoms with Gasteiger partial charge >= 0.3 is 0 Å². The highest BCUT2D eigenvalue weighted by Crippen LogP contribution is 2.29. The summed E-state index contributed by atoms with van der Waals surface area (Å²) in [5.41, 5.74) is 2.55. The van der Waals surface area contributed by atoms with E-state index in [0.717, 1.165) is 8.95 Å². The van der Waals surface area contributed by atoms with Gasteiger partial charge in [0.25, 0.3) is 5.91 Å². The number of hydrazine groups is 1. The zero-order chi connectivity index (χ0) is 10.0. The summed E-state index contributed by atoms with van der Waals surface area (Å²) in [5, 5.41) is 0. The van der Waals surface area contributed by atoms with Gasteiger partial charge in [-0.2, -0.15) is 0 Å². The Morgan fingerprint density at radius 2 is 1.69 bits per heavy atom. The van der Waals surface area contributed by atoms with Crippen LogP contribution in [0.5, 0.6) is 0 Å². The van der Waals surface area contributed by atoms with Crippen LogP contribution >= 0.6 is 47.8 Å². The van der Waals surface area contributed by atoms with Crippen molar-refractivity contribution in [2.24, 2.45) is 5.84 Å². The van der Waals surface area contributed by atoms with Crippen LogP contribution in [-0.2, 0) is 0 Å². The van der Waals surface area contributed by atoms with E-state index in [1.54, 1.807) is 12.1 Å². The molecule has 0 bridgehead atoms. The second-order valence-corrected chi connectivity index (χ2v) is 4.78. The first-order chi connectivity index (χ1) is 6.06. The number of hydrogen-bond donors (Lipinski definition) is 2. The quantitative estimate of drug-likeness (QED) is 0.344. The van der Waals surface area contributed by atoms with Gasteiger partial charge in [-0.25, -0.2) is 5.84 Å². The molecule has 3 N–H and O–H groups in total. The Bertz CT molecular complexity index is 354. The van der Waals surface area contributed by atoms with E-state index in [1.807, 2.05) is 0 Å². The van der Waals surface area contributed by atoms with Gasteiger partial charge in [0, 0.05) is 13.4 Å². The number of hydrogen-bond acceptors (Lipinski definition) is 2. The van der Waals surface area contributed by atoms with E-state index >= 15 is 0 Å². The fourth-order valence-electron chi connectivity index (χ4n) is 0.774. The molecule has 0 atom stereocenters. The zero-order valence-electron chi connectivity index (χ0n) is 6.27. The van der Waals surface area contributed by atoms with Gasteiger partial charge in [-0.1, -0.05) is 0 Å². The van der Waals surface area contributed by atoms with Crippen molar-refractivity contribution in [1.29, 1.82) is 0 Å². The predicted octanol–water partition coefficient (Wildman–Crippen LogP) is 2.58. The number of nitrogen functional groups attached to an aromatic ring is 1. The summed E-state index contributed by atoms with van der Waals surface area (Å²) in [6.07, 6.45) is 0. The Balaban J connectivity index is 3.23. The van der Waals surface area contributed by atoms with Crippen molar-refractivity contribution in [2.75, 3.05) is 0 Å². The minimum absolute atomic E-state index is 0.333. The molecule has 0 unspecified atom stereocenters. The topological polar surface area (TPSA) is 55.1 Å². The van der Waals surface area contributed by atoms with Gasteiger partial charge < -0.3 is 0 Å². The van der Waals surface area contributed by atoms with Gasteiger partial charge in [-0.05, 0) is 59.9 Å². The number of halogens is 3. The van der Waals surface area contributed by atoms with Crippen molar-refractivity contribution in [2.45, 2.75) is 0 Å². The number of carbonyl (C=O) groups excluding carboxylic acids is 1. The summed E-state index contributed by atoms with van der Waals surface area (Å²) in [7, 11) is 0. The lowest BCUT2D eigenvalue weighted by atomic mass is 10.2. The van der Waals surface area contributed by atoms with Crippen molar-refractivity contribution in [3.63, 3.8) is 0 Å². The van der Waals surface area contributed by atoms with Gasteiger partial charge in [-0.3, -0.25) is 10.2 Å². The average Bonchev–Trinajstić information content (AvgIpc) is 2.10. The highest BCUT2D eigenvalue weighted by Gasteiger charge is 2.10. The minimum atomic E-state index is -0.333. The molecule has 6 heteroatoms. The second kappa shape index (κ2) is 4.54. The first-order valence-electron chi connectivity index (χ1n) is 3.21. The Kier molecular flexibility index (Phi) is 3.90. The molecule has 1 rings (SSSR count). The van der Waals surface area contributed by atoms with Crippen LogP contribution in [0.3, 0.4) is 0 Å². The molecule has 0 fully saturated rings. The van der Waals surface area contributed by atoms with Crippen molar-refractivity contribution in [1.82, 2.24) is 5.43 Å². The lowest BCUT2D eigenvalue weighted by molar-refractivity contribution is 0.0953. The maximum absolute atomic E-state index is 11.2. The van der Waals surface area contributed by atoms with Crippen LogP contribution in [-0.4, -0.2) is 5.91 Å². The molecular formula is C7H5Br3N2O. The second-order valence-electron chi connectivity index (χ2n) is 2.22. The molecule has 0 saturated carbocycles. The zero-order valence-corrected chi connectivity index (χ0v) is 11.0. The maximum Gasteiger partial charge on any atom is 0.266 e. The summed E-state index contributed by atoms with van der Waals surface area (Å²) < 4.78 is 2.35. The summed E-state index contributed by atoms with van der Waals surface area (Å²) in [6.45, 7) is 0. The summed E-state index contributed by atoms with van der Waals surface area (Å²) in [5.74, 6) is 4.68. The normalized spacial score (nSPS) is 9.85. The van der Waals surface area contributed by atoms with Crippen LogP contribution in [0, 0.1) is 0 Å². The fourth-order valence-corrected chi connectivity index (χ4v) is 2.29. The van der Waals surface area contributed by atoms with Crippen LogP contribution in [0.25, 0.3) is 0 Å². The van der Waals surface area contributed by atoms with E-state index in [-0.39, 0.29) is 5.91 Å². The third-order valence-electron chi connectivity index (χ3n) is 1.39. The molecule has 0 radical (unpaired) electrons. The SMILES string of the molecule is NNC(=O)c1cc(Br)c(Br)cc1Br. The number of benzene rings is 1. The molecule has 0 aliphatic rings. The highest BCUT2D eigenvalue weighted by atomic mass is 79.9. The lowest BCUT2D eigenvalue weighted by Gasteiger charge is -2.04. The maximum atomic E-state index is 11.2. The third kappa shape index (κ3) is 2.52. The van der Waals surface area contributed by atoms with E-state index < -0.39 is 0 Å². The van der Waals surface area contributed by atoms with Crippen molar-refractivity contribution in [3.8, 4) is 0 Å². The lowest BCUT2D eigenvalue weighted by Crippen LogP contribution is -2.30. The number of nitrogens with two attached hydrogens (primary N) is 1. The largest absolute Gasteiger partial charge is 0.290 e. The molecule has 70 valence electrons. The Hall–Kier alpha value is 0.0900. The fraction of sp³-hybridized carbons (Fsp3) is 0. The van der Waals surface area contributed by atoms with E-state index in [4.69, 9.17) is 5.84 Å². The molecule has 0 aromatic heterocycles. The average molecular weight is 373 g/mol. The van der Waals surface area contributed by atoms with Crippen LogP contribution in [0.15, 0.2) is 25.6 Å². The van der Waals surface area contributed by atoms with Crippen molar-refractivity contribution >= 4 is 53.7 Å². The Labute approximate surface area is 100 Å². The first-order valence-corrected chi connectivity index (χ1v) is 5.59. The molecule has 0 heterocycles. The molecule has 0 saturated heterocycles. The Morgan fingerprint density at radius 3 is 2.23 bits per heavy atom. The molecule has 1 aromatic carbocycles. The van der Waals surface area contributed by atoms with Crippen LogP contribution in [0.1, 0.15) is 10.4 Å². The highest BCUT2D eigenvalue weighted by molar-refractivity contribution is 9.13. The number of amides is 1. The molecule has 0 aliphatic heterocycles. The minimum Gasteiger partial charge on any atom is -0.290 e. The van der Waals surface area contributed by atoms with Crippen LogP contribution in [0.4, 0.5) is 0 Å². The molecular weight excluding hydrogens is 368 g/mol. The smallest absolute Gasteiger partial charge is 0.266 e. The third-order valence-corrected chi connectivity index (χ3v) is 3.89. The van der Waals surface area contributed by atoms with Gasteiger partial charge in [0.2, 0.25) is 0 Å². The monoisotopic (exact) mass is 370 g/mol. The van der Waals surface area contributed by atoms with E-state index in [2.05, 4.69) is 53.2 Å². The number of rotatable bonds is 1. The van der Waals surface area contributed by atoms with Gasteiger partial charge in [0.15, 0.2) is 0 Å². The van der Waals surface area contributed by atoms with Crippen LogP contribution in [0.2, 0.25) is 0 Å². The molecule has 1 aromatic rings. The van der Waals surface area contributed by atoms with E-state index in [9.17, 15) is 4.79 Å². The van der Waals surface area contributed by atoms with Crippen molar-refractivity contribution < 1.29 is 4.79 Å². The van der Waals surface area contributed by atoms with E-state index in [0.29, 0.717) is 10.0 Å². The van der Waals surface area contributed by atoms with Crippen LogP contribution < -0.4 is 11.3 Å². The predicted molar refractivity (Wildman–Crippen MR) is 61.2 cm³/mol.